The lowest BCUT2D eigenvalue weighted by Gasteiger charge is -2.20. The van der Waals surface area contributed by atoms with Gasteiger partial charge in [0.2, 0.25) is 0 Å². The van der Waals surface area contributed by atoms with Gasteiger partial charge in [0, 0.05) is 18.0 Å². The van der Waals surface area contributed by atoms with E-state index in [1.54, 1.807) is 18.4 Å². The van der Waals surface area contributed by atoms with Gasteiger partial charge in [0.15, 0.2) is 0 Å². The molecule has 3 heterocycles. The molecule has 0 saturated carbocycles. The molecule has 6 heteroatoms. The average molecular weight is 407 g/mol. The minimum absolute atomic E-state index is 0. The molecule has 4 nitrogen and oxygen atoms in total. The van der Waals surface area contributed by atoms with E-state index in [-0.39, 0.29) is 18.3 Å². The second kappa shape index (κ2) is 8.63. The Morgan fingerprint density at radius 1 is 1.15 bits per heavy atom. The molecule has 2 saturated heterocycles. The Balaban J connectivity index is 0.00000210. The summed E-state index contributed by atoms with van der Waals surface area (Å²) in [5, 5.41) is 3.49. The van der Waals surface area contributed by atoms with Crippen molar-refractivity contribution >= 4 is 29.7 Å². The van der Waals surface area contributed by atoms with Gasteiger partial charge in [0.25, 0.3) is 5.91 Å². The summed E-state index contributed by atoms with van der Waals surface area (Å²) >= 11 is 1.61. The van der Waals surface area contributed by atoms with Crippen molar-refractivity contribution in [3.63, 3.8) is 0 Å². The first-order chi connectivity index (χ1) is 12.7. The molecule has 1 amide bonds. The van der Waals surface area contributed by atoms with Crippen LogP contribution in [-0.4, -0.2) is 44.1 Å². The largest absolute Gasteiger partial charge is 0.497 e. The van der Waals surface area contributed by atoms with E-state index in [2.05, 4.69) is 35.3 Å². The first-order valence-corrected chi connectivity index (χ1v) is 10.2. The number of ether oxygens (including phenoxy) is 1. The maximum atomic E-state index is 13.1. The summed E-state index contributed by atoms with van der Waals surface area (Å²) in [6.45, 7) is 6.10. The summed E-state index contributed by atoms with van der Waals surface area (Å²) in [7, 11) is 1.67. The van der Waals surface area contributed by atoms with Crippen LogP contribution in [0.2, 0.25) is 0 Å². The van der Waals surface area contributed by atoms with Gasteiger partial charge in [-0.1, -0.05) is 12.1 Å². The van der Waals surface area contributed by atoms with Crippen molar-refractivity contribution in [2.24, 2.45) is 11.8 Å². The minimum Gasteiger partial charge on any atom is -0.497 e. The number of benzene rings is 1. The van der Waals surface area contributed by atoms with E-state index < -0.39 is 0 Å². The standard InChI is InChI=1S/C21H26N2O2S.ClH/c1-14-19(15-3-5-18(25-2)6-4-15)11-20(26-14)21(24)23-9-7-16-12-22-13-17(16)8-10-23;/h3-6,11,16-17,22H,7-10,12-13H2,1-2H3;1H/t16-,17+;. The van der Waals surface area contributed by atoms with Crippen LogP contribution in [0.1, 0.15) is 27.4 Å². The van der Waals surface area contributed by atoms with Crippen LogP contribution in [0.5, 0.6) is 5.75 Å². The van der Waals surface area contributed by atoms with Gasteiger partial charge in [-0.2, -0.15) is 0 Å². The highest BCUT2D eigenvalue weighted by molar-refractivity contribution is 7.14. The molecular formula is C21H27ClN2O2S. The number of carbonyl (C=O) groups excluding carboxylic acids is 1. The van der Waals surface area contributed by atoms with Crippen molar-refractivity contribution in [3.8, 4) is 16.9 Å². The summed E-state index contributed by atoms with van der Waals surface area (Å²) in [5.41, 5.74) is 2.28. The van der Waals surface area contributed by atoms with Gasteiger partial charge >= 0.3 is 0 Å². The summed E-state index contributed by atoms with van der Waals surface area (Å²) < 4.78 is 5.24. The van der Waals surface area contributed by atoms with E-state index in [1.807, 2.05) is 12.1 Å². The minimum atomic E-state index is 0. The highest BCUT2D eigenvalue weighted by Crippen LogP contribution is 2.34. The zero-order chi connectivity index (χ0) is 18.1. The number of nitrogens with zero attached hydrogens (tertiary/aromatic N) is 1. The van der Waals surface area contributed by atoms with Gasteiger partial charge < -0.3 is 15.0 Å². The zero-order valence-electron chi connectivity index (χ0n) is 15.9. The van der Waals surface area contributed by atoms with Gasteiger partial charge in [-0.15, -0.1) is 23.7 Å². The first kappa shape index (κ1) is 20.2. The third-order valence-electron chi connectivity index (χ3n) is 5.84. The molecule has 2 aliphatic rings. The highest BCUT2D eigenvalue weighted by atomic mass is 35.5. The SMILES string of the molecule is COc1ccc(-c2cc(C(=O)N3CC[C@@H]4CNC[C@@H]4CC3)sc2C)cc1.Cl. The van der Waals surface area contributed by atoms with Crippen LogP contribution < -0.4 is 10.1 Å². The average Bonchev–Trinajstić information content (AvgIpc) is 3.23. The Labute approximate surface area is 171 Å². The van der Waals surface area contributed by atoms with Crippen molar-refractivity contribution in [3.05, 3.63) is 40.1 Å². The molecule has 0 radical (unpaired) electrons. The number of carbonyl (C=O) groups is 1. The van der Waals surface area contributed by atoms with E-state index in [9.17, 15) is 4.79 Å². The first-order valence-electron chi connectivity index (χ1n) is 9.40. The number of halogens is 1. The predicted octanol–water partition coefficient (Wildman–Crippen LogP) is 4.23. The summed E-state index contributed by atoms with van der Waals surface area (Å²) in [6.07, 6.45) is 2.25. The Kier molecular flexibility index (Phi) is 6.45. The molecule has 2 atom stereocenters. The normalized spacial score (nSPS) is 21.9. The molecule has 0 unspecified atom stereocenters. The second-order valence-electron chi connectivity index (χ2n) is 7.36. The molecule has 2 aromatic rings. The van der Waals surface area contributed by atoms with Crippen LogP contribution in [0.4, 0.5) is 0 Å². The number of likely N-dealkylation sites (tertiary alicyclic amines) is 1. The van der Waals surface area contributed by atoms with Crippen molar-refractivity contribution in [2.45, 2.75) is 19.8 Å². The van der Waals surface area contributed by atoms with Crippen molar-refractivity contribution < 1.29 is 9.53 Å². The van der Waals surface area contributed by atoms with Crippen LogP contribution in [0, 0.1) is 18.8 Å². The highest BCUT2D eigenvalue weighted by Gasteiger charge is 2.32. The van der Waals surface area contributed by atoms with Gasteiger partial charge in [-0.3, -0.25) is 4.79 Å². The number of nitrogens with one attached hydrogen (secondary N) is 1. The molecule has 27 heavy (non-hydrogen) atoms. The van der Waals surface area contributed by atoms with E-state index in [0.29, 0.717) is 0 Å². The van der Waals surface area contributed by atoms with Crippen molar-refractivity contribution in [2.75, 3.05) is 33.3 Å². The molecule has 0 bridgehead atoms. The van der Waals surface area contributed by atoms with Crippen LogP contribution in [0.25, 0.3) is 11.1 Å². The lowest BCUT2D eigenvalue weighted by atomic mass is 9.92. The zero-order valence-corrected chi connectivity index (χ0v) is 17.5. The maximum absolute atomic E-state index is 13.1. The smallest absolute Gasteiger partial charge is 0.263 e. The molecule has 0 aliphatic carbocycles. The number of thiophene rings is 1. The van der Waals surface area contributed by atoms with Crippen molar-refractivity contribution in [1.82, 2.24) is 10.2 Å². The van der Waals surface area contributed by atoms with Crippen LogP contribution in [0.3, 0.4) is 0 Å². The monoisotopic (exact) mass is 406 g/mol. The van der Waals surface area contributed by atoms with Crippen LogP contribution >= 0.6 is 23.7 Å². The van der Waals surface area contributed by atoms with Gasteiger partial charge in [-0.05, 0) is 74.0 Å². The fourth-order valence-corrected chi connectivity index (χ4v) is 5.23. The summed E-state index contributed by atoms with van der Waals surface area (Å²) in [6, 6.07) is 10.1. The van der Waals surface area contributed by atoms with E-state index >= 15 is 0 Å². The maximum Gasteiger partial charge on any atom is 0.263 e. The van der Waals surface area contributed by atoms with E-state index in [0.717, 1.165) is 72.6 Å². The van der Waals surface area contributed by atoms with Crippen LogP contribution in [-0.2, 0) is 0 Å². The molecule has 4 rings (SSSR count). The molecule has 146 valence electrons. The van der Waals surface area contributed by atoms with Crippen molar-refractivity contribution in [1.29, 1.82) is 0 Å². The Morgan fingerprint density at radius 2 is 1.78 bits per heavy atom. The molecular weight excluding hydrogens is 380 g/mol. The van der Waals surface area contributed by atoms with E-state index in [1.165, 1.54) is 4.88 Å². The number of hydrogen-bond donors (Lipinski definition) is 1. The fraction of sp³-hybridized carbons (Fsp3) is 0.476. The molecule has 1 aromatic carbocycles. The Bertz CT molecular complexity index is 776. The summed E-state index contributed by atoms with van der Waals surface area (Å²) in [4.78, 5) is 17.2. The number of fused-ring (bicyclic) bond motifs is 1. The number of amides is 1. The van der Waals surface area contributed by atoms with Crippen LogP contribution in [0.15, 0.2) is 30.3 Å². The molecule has 2 aliphatic heterocycles. The Morgan fingerprint density at radius 3 is 2.37 bits per heavy atom. The fourth-order valence-electron chi connectivity index (χ4n) is 4.22. The molecule has 1 aromatic heterocycles. The summed E-state index contributed by atoms with van der Waals surface area (Å²) in [5.74, 6) is 2.54. The third kappa shape index (κ3) is 4.15. The lowest BCUT2D eigenvalue weighted by molar-refractivity contribution is 0.0763. The topological polar surface area (TPSA) is 41.6 Å². The second-order valence-corrected chi connectivity index (χ2v) is 8.61. The number of rotatable bonds is 3. The van der Waals surface area contributed by atoms with Gasteiger partial charge in [0.05, 0.1) is 12.0 Å². The molecule has 1 N–H and O–H groups in total. The molecule has 0 spiro atoms. The quantitative estimate of drug-likeness (QED) is 0.829. The number of aryl methyl sites for hydroxylation is 1. The number of methoxy groups -OCH3 is 1. The van der Waals surface area contributed by atoms with Gasteiger partial charge in [0.1, 0.15) is 5.75 Å². The number of hydrogen-bond acceptors (Lipinski definition) is 4. The predicted molar refractivity (Wildman–Crippen MR) is 113 cm³/mol. The Hall–Kier alpha value is -1.56. The lowest BCUT2D eigenvalue weighted by Crippen LogP contribution is -2.32. The van der Waals surface area contributed by atoms with E-state index in [4.69, 9.17) is 4.74 Å². The van der Waals surface area contributed by atoms with Gasteiger partial charge in [-0.25, -0.2) is 0 Å². The third-order valence-corrected chi connectivity index (χ3v) is 6.87. The molecule has 2 fully saturated rings.